The van der Waals surface area contributed by atoms with Crippen LogP contribution in [0.25, 0.3) is 0 Å². The van der Waals surface area contributed by atoms with Crippen LogP contribution in [0.3, 0.4) is 0 Å². The number of ether oxygens (including phenoxy) is 1. The van der Waals surface area contributed by atoms with Gasteiger partial charge in [-0.15, -0.1) is 0 Å². The van der Waals surface area contributed by atoms with Gasteiger partial charge in [0.2, 0.25) is 0 Å². The van der Waals surface area contributed by atoms with Crippen molar-refractivity contribution in [3.8, 4) is 0 Å². The lowest BCUT2D eigenvalue weighted by Crippen LogP contribution is -2.55. The van der Waals surface area contributed by atoms with E-state index in [2.05, 4.69) is 53.8 Å². The summed E-state index contributed by atoms with van der Waals surface area (Å²) in [6.45, 7) is 16.9. The maximum atomic E-state index is 11.3. The summed E-state index contributed by atoms with van der Waals surface area (Å²) in [6, 6.07) is 0. The van der Waals surface area contributed by atoms with Crippen molar-refractivity contribution in [2.75, 3.05) is 6.61 Å². The molecule has 0 aromatic heterocycles. The van der Waals surface area contributed by atoms with E-state index >= 15 is 0 Å². The highest BCUT2D eigenvalue weighted by atomic mass is 28.4. The third-order valence-electron chi connectivity index (χ3n) is 9.04. The van der Waals surface area contributed by atoms with Gasteiger partial charge in [-0.3, -0.25) is 0 Å². The first-order valence-electron chi connectivity index (χ1n) is 10.0. The van der Waals surface area contributed by atoms with Gasteiger partial charge in [-0.2, -0.15) is 0 Å². The molecule has 3 fully saturated rings. The second-order valence-corrected chi connectivity index (χ2v) is 16.2. The van der Waals surface area contributed by atoms with Crippen LogP contribution in [0, 0.1) is 22.2 Å². The molecule has 0 unspecified atom stereocenters. The average Bonchev–Trinajstić information content (AvgIpc) is 3.01. The van der Waals surface area contributed by atoms with Gasteiger partial charge in [0.1, 0.15) is 0 Å². The molecule has 6 atom stereocenters. The molecule has 0 radical (unpaired) electrons. The third-order valence-corrected chi connectivity index (χ3v) is 13.5. The van der Waals surface area contributed by atoms with Crippen LogP contribution in [0.2, 0.25) is 18.1 Å². The zero-order valence-corrected chi connectivity index (χ0v) is 18.1. The molecule has 0 spiro atoms. The van der Waals surface area contributed by atoms with E-state index in [1.807, 2.05) is 6.08 Å². The minimum Gasteiger partial charge on any atom is -0.416 e. The Morgan fingerprint density at radius 3 is 2.56 bits per heavy atom. The summed E-state index contributed by atoms with van der Waals surface area (Å²) in [6.07, 6.45) is 8.66. The summed E-state index contributed by atoms with van der Waals surface area (Å²) in [5.41, 5.74) is 0.0958. The number of hydrogen-bond acceptors (Lipinski definition) is 3. The molecule has 4 heteroatoms. The van der Waals surface area contributed by atoms with Gasteiger partial charge in [0, 0.05) is 17.4 Å². The summed E-state index contributed by atoms with van der Waals surface area (Å²) in [5.74, 6) is -0.522. The lowest BCUT2D eigenvalue weighted by Gasteiger charge is -2.50. The van der Waals surface area contributed by atoms with Crippen molar-refractivity contribution < 1.29 is 14.3 Å². The molecule has 2 saturated carbocycles. The van der Waals surface area contributed by atoms with Crippen molar-refractivity contribution in [1.82, 2.24) is 0 Å². The minimum absolute atomic E-state index is 0.0680. The van der Waals surface area contributed by atoms with Crippen LogP contribution in [0.15, 0.2) is 12.2 Å². The molecule has 0 aromatic rings. The molecule has 1 N–H and O–H groups in total. The Hall–Kier alpha value is -0.163. The zero-order chi connectivity index (χ0) is 18.5. The second kappa shape index (κ2) is 4.81. The molecule has 0 aromatic carbocycles. The first-order valence-corrected chi connectivity index (χ1v) is 12.9. The van der Waals surface area contributed by atoms with Gasteiger partial charge in [0.15, 0.2) is 14.1 Å². The summed E-state index contributed by atoms with van der Waals surface area (Å²) in [5, 5.41) is 11.5. The Morgan fingerprint density at radius 1 is 1.24 bits per heavy atom. The van der Waals surface area contributed by atoms with Crippen LogP contribution in [-0.4, -0.2) is 31.9 Å². The quantitative estimate of drug-likeness (QED) is 0.573. The summed E-state index contributed by atoms with van der Waals surface area (Å²) in [4.78, 5) is 0. The Labute approximate surface area is 154 Å². The van der Waals surface area contributed by atoms with E-state index in [0.717, 1.165) is 19.4 Å². The molecule has 1 saturated heterocycles. The summed E-state index contributed by atoms with van der Waals surface area (Å²) >= 11 is 0. The molecule has 1 heterocycles. The molecule has 4 rings (SSSR count). The van der Waals surface area contributed by atoms with Crippen molar-refractivity contribution in [2.24, 2.45) is 22.2 Å². The van der Waals surface area contributed by atoms with Gasteiger partial charge in [0.05, 0.1) is 6.10 Å². The van der Waals surface area contributed by atoms with E-state index in [-0.39, 0.29) is 22.0 Å². The predicted octanol–water partition coefficient (Wildman–Crippen LogP) is 4.87. The Morgan fingerprint density at radius 2 is 1.92 bits per heavy atom. The largest absolute Gasteiger partial charge is 0.416 e. The van der Waals surface area contributed by atoms with Crippen LogP contribution in [0.1, 0.15) is 60.3 Å². The highest BCUT2D eigenvalue weighted by molar-refractivity contribution is 6.74. The predicted molar refractivity (Wildman–Crippen MR) is 103 cm³/mol. The molecular formula is C21H36O3Si. The fourth-order valence-electron chi connectivity index (χ4n) is 5.57. The van der Waals surface area contributed by atoms with E-state index in [9.17, 15) is 5.11 Å². The van der Waals surface area contributed by atoms with Crippen molar-refractivity contribution in [3.05, 3.63) is 12.2 Å². The molecule has 1 aliphatic heterocycles. The van der Waals surface area contributed by atoms with Crippen LogP contribution in [-0.2, 0) is 9.16 Å². The Kier molecular flexibility index (Phi) is 3.50. The highest BCUT2D eigenvalue weighted by Gasteiger charge is 2.77. The molecule has 142 valence electrons. The topological polar surface area (TPSA) is 38.7 Å². The fourth-order valence-corrected chi connectivity index (χ4v) is 6.62. The zero-order valence-electron chi connectivity index (χ0n) is 17.1. The maximum absolute atomic E-state index is 11.3. The van der Waals surface area contributed by atoms with Crippen LogP contribution in [0.4, 0.5) is 0 Å². The number of fused-ring (bicyclic) bond motifs is 5. The maximum Gasteiger partial charge on any atom is 0.192 e. The van der Waals surface area contributed by atoms with Crippen molar-refractivity contribution >= 4 is 8.32 Å². The highest BCUT2D eigenvalue weighted by Crippen LogP contribution is 2.75. The van der Waals surface area contributed by atoms with E-state index in [1.54, 1.807) is 0 Å². The van der Waals surface area contributed by atoms with Crippen LogP contribution < -0.4 is 0 Å². The summed E-state index contributed by atoms with van der Waals surface area (Å²) < 4.78 is 13.2. The molecule has 25 heavy (non-hydrogen) atoms. The van der Waals surface area contributed by atoms with Gasteiger partial charge >= 0.3 is 0 Å². The van der Waals surface area contributed by atoms with Crippen molar-refractivity contribution in [2.45, 2.75) is 90.3 Å². The molecule has 4 aliphatic rings. The van der Waals surface area contributed by atoms with Crippen molar-refractivity contribution in [1.29, 1.82) is 0 Å². The second-order valence-electron chi connectivity index (χ2n) is 11.3. The van der Waals surface area contributed by atoms with Crippen LogP contribution in [0.5, 0.6) is 0 Å². The molecule has 0 amide bonds. The number of hydrogen-bond donors (Lipinski definition) is 1. The molecule has 3 nitrogen and oxygen atoms in total. The number of rotatable bonds is 3. The van der Waals surface area contributed by atoms with Gasteiger partial charge in [0.25, 0.3) is 0 Å². The van der Waals surface area contributed by atoms with Gasteiger partial charge < -0.3 is 14.3 Å². The van der Waals surface area contributed by atoms with Gasteiger partial charge in [-0.1, -0.05) is 40.7 Å². The number of allylic oxidation sites excluding steroid dienone is 1. The average molecular weight is 365 g/mol. The van der Waals surface area contributed by atoms with Crippen molar-refractivity contribution in [3.63, 3.8) is 0 Å². The summed E-state index contributed by atoms with van der Waals surface area (Å²) in [7, 11) is -1.84. The smallest absolute Gasteiger partial charge is 0.192 e. The molecular weight excluding hydrogens is 328 g/mol. The number of aliphatic hydroxyl groups is 1. The van der Waals surface area contributed by atoms with E-state index in [4.69, 9.17) is 9.16 Å². The first-order chi connectivity index (χ1) is 11.3. The SMILES string of the molecule is CC(C)(C)[Si](C)(C)OC[C@]12CC[C@@]3(C)C[C@H]3[C@H]1O[C@]1(O)C=CC[C@]21C. The Bertz CT molecular complexity index is 623. The minimum atomic E-state index is -1.84. The van der Waals surface area contributed by atoms with E-state index < -0.39 is 14.1 Å². The Balaban J connectivity index is 1.69. The van der Waals surface area contributed by atoms with Gasteiger partial charge in [-0.05, 0) is 61.2 Å². The monoisotopic (exact) mass is 364 g/mol. The third kappa shape index (κ3) is 2.14. The molecule has 3 aliphatic carbocycles. The molecule has 0 bridgehead atoms. The first kappa shape index (κ1) is 18.2. The van der Waals surface area contributed by atoms with Crippen LogP contribution >= 0.6 is 0 Å². The van der Waals surface area contributed by atoms with E-state index in [1.165, 1.54) is 12.8 Å². The van der Waals surface area contributed by atoms with E-state index in [0.29, 0.717) is 11.3 Å². The normalized spacial score (nSPS) is 51.2. The fraction of sp³-hybridized carbons (Fsp3) is 0.905. The van der Waals surface area contributed by atoms with Gasteiger partial charge in [-0.25, -0.2) is 0 Å². The lowest BCUT2D eigenvalue weighted by molar-refractivity contribution is -0.197. The lowest BCUT2D eigenvalue weighted by atomic mass is 9.55. The standard InChI is InChI=1S/C21H36O3Si/c1-17(2,3)25(6,7)23-14-20-12-11-18(4)13-15(18)16(20)24-21(22)10-8-9-19(20,21)5/h8,10,15-16,22H,9,11-14H2,1-7H3/t15-,16+,18-,19+,20+,21+/m0/s1.